The highest BCUT2D eigenvalue weighted by molar-refractivity contribution is 5.78. The molecule has 1 rings (SSSR count). The quantitative estimate of drug-likeness (QED) is 0.472. The summed E-state index contributed by atoms with van der Waals surface area (Å²) in [5.74, 6) is 4.69. The first-order valence-electron chi connectivity index (χ1n) is 5.74. The van der Waals surface area contributed by atoms with Crippen LogP contribution in [0.25, 0.3) is 0 Å². The van der Waals surface area contributed by atoms with Gasteiger partial charge >= 0.3 is 0 Å². The molecule has 2 unspecified atom stereocenters. The smallest absolute Gasteiger partial charge is 0.238 e. The lowest BCUT2D eigenvalue weighted by Gasteiger charge is -2.30. The molecule has 0 aliphatic rings. The molecule has 0 saturated carbocycles. The van der Waals surface area contributed by atoms with E-state index in [-0.39, 0.29) is 17.9 Å². The Morgan fingerprint density at radius 2 is 2.17 bits per heavy atom. The van der Waals surface area contributed by atoms with Gasteiger partial charge in [-0.05, 0) is 25.1 Å². The molecule has 0 heterocycles. The van der Waals surface area contributed by atoms with Gasteiger partial charge in [0.2, 0.25) is 5.91 Å². The summed E-state index contributed by atoms with van der Waals surface area (Å²) in [7, 11) is 1.89. The molecule has 2 atom stereocenters. The van der Waals surface area contributed by atoms with Gasteiger partial charge in [-0.15, -0.1) is 0 Å². The standard InChI is InChI=1S/C13H18N4O/c1-9(13(18)16-15)10(2)17(3)12-6-4-5-11(7-12)8-14/h4-7,9-10H,15H2,1-3H3,(H,16,18). The highest BCUT2D eigenvalue weighted by Crippen LogP contribution is 2.20. The van der Waals surface area contributed by atoms with Crippen LogP contribution < -0.4 is 16.2 Å². The van der Waals surface area contributed by atoms with Crippen molar-refractivity contribution in [3.63, 3.8) is 0 Å². The molecule has 0 bridgehead atoms. The fourth-order valence-corrected chi connectivity index (χ4v) is 1.72. The number of nitrogens with zero attached hydrogens (tertiary/aromatic N) is 2. The molecule has 5 nitrogen and oxygen atoms in total. The van der Waals surface area contributed by atoms with Gasteiger partial charge in [-0.1, -0.05) is 13.0 Å². The van der Waals surface area contributed by atoms with E-state index >= 15 is 0 Å². The molecule has 1 aromatic carbocycles. The second-order valence-electron chi connectivity index (χ2n) is 4.31. The van der Waals surface area contributed by atoms with Crippen LogP contribution in [0.4, 0.5) is 5.69 Å². The van der Waals surface area contributed by atoms with E-state index in [1.54, 1.807) is 12.1 Å². The Morgan fingerprint density at radius 3 is 2.72 bits per heavy atom. The fraction of sp³-hybridized carbons (Fsp3) is 0.385. The third-order valence-corrected chi connectivity index (χ3v) is 3.27. The lowest BCUT2D eigenvalue weighted by molar-refractivity contribution is -0.125. The predicted octanol–water partition coefficient (Wildman–Crippen LogP) is 1.01. The summed E-state index contributed by atoms with van der Waals surface area (Å²) in [6, 6.07) is 9.35. The van der Waals surface area contributed by atoms with Gasteiger partial charge in [-0.25, -0.2) is 5.84 Å². The maximum absolute atomic E-state index is 11.5. The highest BCUT2D eigenvalue weighted by atomic mass is 16.2. The summed E-state index contributed by atoms with van der Waals surface area (Å²) in [6.45, 7) is 3.76. The second-order valence-corrected chi connectivity index (χ2v) is 4.31. The molecular formula is C13H18N4O. The van der Waals surface area contributed by atoms with Crippen molar-refractivity contribution in [3.05, 3.63) is 29.8 Å². The van der Waals surface area contributed by atoms with Crippen molar-refractivity contribution < 1.29 is 4.79 Å². The summed E-state index contributed by atoms with van der Waals surface area (Å²) in [5, 5.41) is 8.87. The molecule has 96 valence electrons. The Labute approximate surface area is 107 Å². The van der Waals surface area contributed by atoms with Crippen LogP contribution in [0.2, 0.25) is 0 Å². The zero-order valence-corrected chi connectivity index (χ0v) is 10.8. The molecule has 0 saturated heterocycles. The van der Waals surface area contributed by atoms with Crippen LogP contribution in [0.3, 0.4) is 0 Å². The summed E-state index contributed by atoms with van der Waals surface area (Å²) in [4.78, 5) is 13.5. The van der Waals surface area contributed by atoms with E-state index in [2.05, 4.69) is 11.5 Å². The van der Waals surface area contributed by atoms with E-state index in [1.165, 1.54) is 0 Å². The summed E-state index contributed by atoms with van der Waals surface area (Å²) >= 11 is 0. The third kappa shape index (κ3) is 2.99. The van der Waals surface area contributed by atoms with Crippen LogP contribution in [-0.2, 0) is 4.79 Å². The Morgan fingerprint density at radius 1 is 1.50 bits per heavy atom. The number of benzene rings is 1. The number of nitriles is 1. The number of anilines is 1. The Bertz CT molecular complexity index is 466. The Balaban J connectivity index is 2.89. The normalized spacial score (nSPS) is 13.3. The predicted molar refractivity (Wildman–Crippen MR) is 70.5 cm³/mol. The molecule has 0 aromatic heterocycles. The van der Waals surface area contributed by atoms with Gasteiger partial charge in [0.15, 0.2) is 0 Å². The zero-order chi connectivity index (χ0) is 13.7. The molecular weight excluding hydrogens is 228 g/mol. The lowest BCUT2D eigenvalue weighted by Crippen LogP contribution is -2.44. The van der Waals surface area contributed by atoms with E-state index < -0.39 is 0 Å². The SMILES string of the molecule is CC(C(=O)NN)C(C)N(C)c1cccc(C#N)c1. The van der Waals surface area contributed by atoms with Crippen LogP contribution in [-0.4, -0.2) is 19.0 Å². The fourth-order valence-electron chi connectivity index (χ4n) is 1.72. The van der Waals surface area contributed by atoms with Crippen molar-refractivity contribution in [1.82, 2.24) is 5.43 Å². The van der Waals surface area contributed by atoms with E-state index in [0.29, 0.717) is 5.56 Å². The van der Waals surface area contributed by atoms with Crippen LogP contribution in [0.5, 0.6) is 0 Å². The minimum atomic E-state index is -0.245. The molecule has 0 aliphatic carbocycles. The minimum absolute atomic E-state index is 0.0255. The zero-order valence-electron chi connectivity index (χ0n) is 10.8. The van der Waals surface area contributed by atoms with Crippen molar-refractivity contribution in [1.29, 1.82) is 5.26 Å². The molecule has 0 radical (unpaired) electrons. The number of hydrazine groups is 1. The van der Waals surface area contributed by atoms with Crippen LogP contribution >= 0.6 is 0 Å². The van der Waals surface area contributed by atoms with Gasteiger partial charge in [0.25, 0.3) is 0 Å². The van der Waals surface area contributed by atoms with Crippen molar-refractivity contribution in [2.24, 2.45) is 11.8 Å². The summed E-state index contributed by atoms with van der Waals surface area (Å²) in [5.41, 5.74) is 3.66. The first-order valence-corrected chi connectivity index (χ1v) is 5.74. The molecule has 0 spiro atoms. The van der Waals surface area contributed by atoms with Gasteiger partial charge in [-0.3, -0.25) is 10.2 Å². The van der Waals surface area contributed by atoms with Gasteiger partial charge in [0, 0.05) is 18.8 Å². The monoisotopic (exact) mass is 246 g/mol. The largest absolute Gasteiger partial charge is 0.371 e. The van der Waals surface area contributed by atoms with Crippen LogP contribution in [0.1, 0.15) is 19.4 Å². The number of nitrogens with one attached hydrogen (secondary N) is 1. The van der Waals surface area contributed by atoms with Crippen molar-refractivity contribution in [2.75, 3.05) is 11.9 Å². The third-order valence-electron chi connectivity index (χ3n) is 3.27. The van der Waals surface area contributed by atoms with Crippen LogP contribution in [0, 0.1) is 17.2 Å². The molecule has 3 N–H and O–H groups in total. The van der Waals surface area contributed by atoms with E-state index in [9.17, 15) is 4.79 Å². The van der Waals surface area contributed by atoms with Gasteiger partial charge in [0.1, 0.15) is 0 Å². The number of nitrogens with two attached hydrogens (primary N) is 1. The minimum Gasteiger partial charge on any atom is -0.371 e. The van der Waals surface area contributed by atoms with Gasteiger partial charge in [0.05, 0.1) is 17.6 Å². The second kappa shape index (κ2) is 6.03. The maximum Gasteiger partial charge on any atom is 0.238 e. The number of hydrogen-bond donors (Lipinski definition) is 2. The van der Waals surface area contributed by atoms with Gasteiger partial charge in [-0.2, -0.15) is 5.26 Å². The Kier molecular flexibility index (Phi) is 4.69. The molecule has 5 heteroatoms. The lowest BCUT2D eigenvalue weighted by atomic mass is 10.0. The first kappa shape index (κ1) is 14.0. The summed E-state index contributed by atoms with van der Waals surface area (Å²) < 4.78 is 0. The van der Waals surface area contributed by atoms with Crippen LogP contribution in [0.15, 0.2) is 24.3 Å². The first-order chi connectivity index (χ1) is 8.51. The van der Waals surface area contributed by atoms with E-state index in [1.807, 2.05) is 37.9 Å². The average molecular weight is 246 g/mol. The number of rotatable bonds is 4. The number of carbonyl (C=O) groups excluding carboxylic acids is 1. The Hall–Kier alpha value is -2.06. The molecule has 0 fully saturated rings. The topological polar surface area (TPSA) is 82.2 Å². The number of carbonyl (C=O) groups is 1. The number of amides is 1. The van der Waals surface area contributed by atoms with Crippen molar-refractivity contribution in [3.8, 4) is 6.07 Å². The molecule has 0 aliphatic heterocycles. The van der Waals surface area contributed by atoms with Gasteiger partial charge < -0.3 is 4.90 Å². The summed E-state index contributed by atoms with van der Waals surface area (Å²) in [6.07, 6.45) is 0. The highest BCUT2D eigenvalue weighted by Gasteiger charge is 2.23. The molecule has 18 heavy (non-hydrogen) atoms. The molecule has 1 amide bonds. The average Bonchev–Trinajstić information content (AvgIpc) is 2.43. The molecule has 1 aromatic rings. The van der Waals surface area contributed by atoms with Crippen molar-refractivity contribution >= 4 is 11.6 Å². The van der Waals surface area contributed by atoms with E-state index in [0.717, 1.165) is 5.69 Å². The van der Waals surface area contributed by atoms with E-state index in [4.69, 9.17) is 11.1 Å². The number of hydrogen-bond acceptors (Lipinski definition) is 4. The maximum atomic E-state index is 11.5. The van der Waals surface area contributed by atoms with Crippen molar-refractivity contribution in [2.45, 2.75) is 19.9 Å².